The van der Waals surface area contributed by atoms with E-state index in [0.29, 0.717) is 18.2 Å². The Morgan fingerprint density at radius 3 is 2.57 bits per heavy atom. The van der Waals surface area contributed by atoms with Gasteiger partial charge in [0.2, 0.25) is 0 Å². The molecule has 2 N–H and O–H groups in total. The molecular weight excluding hydrogens is 512 g/mol. The van der Waals surface area contributed by atoms with Gasteiger partial charge in [0.1, 0.15) is 5.82 Å². The number of nitrogens with one attached hydrogen (secondary N) is 2. The molecule has 0 aliphatic carbocycles. The Balaban J connectivity index is 0.00000320. The highest BCUT2D eigenvalue weighted by atomic mass is 127. The highest BCUT2D eigenvalue weighted by molar-refractivity contribution is 14.0. The quantitative estimate of drug-likeness (QED) is 0.312. The molecule has 1 aromatic heterocycles. The van der Waals surface area contributed by atoms with Gasteiger partial charge in [0, 0.05) is 57.1 Å². The predicted octanol–water partition coefficient (Wildman–Crippen LogP) is 4.12. The largest absolute Gasteiger partial charge is 0.367 e. The van der Waals surface area contributed by atoms with E-state index in [-0.39, 0.29) is 29.8 Å². The number of halogens is 2. The first kappa shape index (κ1) is 24.9. The summed E-state index contributed by atoms with van der Waals surface area (Å²) < 4.78 is 14.7. The molecule has 3 rings (SSSR count). The van der Waals surface area contributed by atoms with Gasteiger partial charge in [-0.3, -0.25) is 4.99 Å². The number of guanidine groups is 1. The summed E-state index contributed by atoms with van der Waals surface area (Å²) in [5.41, 5.74) is 1.62. The maximum Gasteiger partial charge on any atom is 0.191 e. The van der Waals surface area contributed by atoms with Crippen molar-refractivity contribution in [1.29, 1.82) is 0 Å². The first-order chi connectivity index (χ1) is 14.1. The van der Waals surface area contributed by atoms with E-state index in [1.807, 2.05) is 12.1 Å². The van der Waals surface area contributed by atoms with Gasteiger partial charge in [-0.1, -0.05) is 26.0 Å². The van der Waals surface area contributed by atoms with E-state index in [1.165, 1.54) is 4.88 Å². The van der Waals surface area contributed by atoms with Gasteiger partial charge in [0.25, 0.3) is 0 Å². The standard InChI is InChI=1S/C22H32FN5S.HI/c1-4-27-9-11-28(12-10-27)20-8-7-18(14-19(20)23)16-26-22(24-3)25-15-17(2)21-6-5-13-29-21;/h5-8,13-14,17H,4,9-12,15-16H2,1-3H3,(H2,24,25,26);1H. The van der Waals surface area contributed by atoms with Gasteiger partial charge < -0.3 is 20.4 Å². The second-order valence-electron chi connectivity index (χ2n) is 7.43. The van der Waals surface area contributed by atoms with Gasteiger partial charge in [0.15, 0.2) is 5.96 Å². The van der Waals surface area contributed by atoms with Crippen molar-refractivity contribution < 1.29 is 4.39 Å². The zero-order valence-corrected chi connectivity index (χ0v) is 21.2. The van der Waals surface area contributed by atoms with Crippen LogP contribution in [0.3, 0.4) is 0 Å². The number of rotatable bonds is 7. The summed E-state index contributed by atoms with van der Waals surface area (Å²) in [5.74, 6) is 0.996. The van der Waals surface area contributed by atoms with Gasteiger partial charge in [-0.05, 0) is 35.7 Å². The summed E-state index contributed by atoms with van der Waals surface area (Å²) in [6.45, 7) is 10.5. The first-order valence-electron chi connectivity index (χ1n) is 10.3. The molecule has 0 spiro atoms. The molecule has 1 saturated heterocycles. The Morgan fingerprint density at radius 2 is 1.97 bits per heavy atom. The molecule has 5 nitrogen and oxygen atoms in total. The number of likely N-dealkylation sites (N-methyl/N-ethyl adjacent to an activating group) is 1. The van der Waals surface area contributed by atoms with E-state index in [4.69, 9.17) is 0 Å². The number of hydrogen-bond acceptors (Lipinski definition) is 4. The fourth-order valence-electron chi connectivity index (χ4n) is 3.55. The summed E-state index contributed by atoms with van der Waals surface area (Å²) in [5, 5.41) is 8.73. The molecule has 8 heteroatoms. The molecule has 30 heavy (non-hydrogen) atoms. The van der Waals surface area contributed by atoms with Crippen molar-refractivity contribution in [1.82, 2.24) is 15.5 Å². The van der Waals surface area contributed by atoms with Crippen LogP contribution < -0.4 is 15.5 Å². The van der Waals surface area contributed by atoms with Crippen LogP contribution in [-0.4, -0.2) is 57.2 Å². The van der Waals surface area contributed by atoms with Gasteiger partial charge in [0.05, 0.1) is 5.69 Å². The van der Waals surface area contributed by atoms with E-state index < -0.39 is 0 Å². The molecule has 0 saturated carbocycles. The molecule has 1 fully saturated rings. The Hall–Kier alpha value is -1.39. The van der Waals surface area contributed by atoms with Crippen LogP contribution in [0.2, 0.25) is 0 Å². The topological polar surface area (TPSA) is 42.9 Å². The third kappa shape index (κ3) is 6.81. The van der Waals surface area contributed by atoms with E-state index in [0.717, 1.165) is 50.8 Å². The molecule has 166 valence electrons. The number of hydrogen-bond donors (Lipinski definition) is 2. The van der Waals surface area contributed by atoms with E-state index in [9.17, 15) is 4.39 Å². The van der Waals surface area contributed by atoms with E-state index in [2.05, 4.69) is 56.8 Å². The molecule has 0 bridgehead atoms. The number of piperazine rings is 1. The van der Waals surface area contributed by atoms with Crippen LogP contribution in [0.1, 0.15) is 30.2 Å². The fourth-order valence-corrected chi connectivity index (χ4v) is 4.34. The van der Waals surface area contributed by atoms with Crippen LogP contribution in [0, 0.1) is 5.82 Å². The summed E-state index contributed by atoms with van der Waals surface area (Å²) >= 11 is 1.77. The molecule has 1 aromatic carbocycles. The minimum absolute atomic E-state index is 0. The number of thiophene rings is 1. The van der Waals surface area contributed by atoms with Crippen molar-refractivity contribution in [2.45, 2.75) is 26.3 Å². The van der Waals surface area contributed by atoms with Crippen LogP contribution in [0.15, 0.2) is 40.7 Å². The lowest BCUT2D eigenvalue weighted by Gasteiger charge is -2.35. The minimum atomic E-state index is -0.150. The molecule has 2 aromatic rings. The Labute approximate surface area is 200 Å². The average Bonchev–Trinajstić information content (AvgIpc) is 3.29. The monoisotopic (exact) mass is 545 g/mol. The highest BCUT2D eigenvalue weighted by Gasteiger charge is 2.18. The molecule has 1 aliphatic heterocycles. The van der Waals surface area contributed by atoms with Crippen molar-refractivity contribution in [2.24, 2.45) is 4.99 Å². The number of nitrogens with zero attached hydrogens (tertiary/aromatic N) is 3. The Bertz CT molecular complexity index is 791. The Morgan fingerprint density at radius 1 is 1.20 bits per heavy atom. The van der Waals surface area contributed by atoms with Crippen molar-refractivity contribution in [3.63, 3.8) is 0 Å². The first-order valence-corrected chi connectivity index (χ1v) is 11.2. The van der Waals surface area contributed by atoms with Crippen molar-refractivity contribution in [3.8, 4) is 0 Å². The maximum absolute atomic E-state index is 14.7. The highest BCUT2D eigenvalue weighted by Crippen LogP contribution is 2.22. The lowest BCUT2D eigenvalue weighted by atomic mass is 10.1. The van der Waals surface area contributed by atoms with Crippen LogP contribution in [-0.2, 0) is 6.54 Å². The molecular formula is C22H33FIN5S. The molecule has 1 unspecified atom stereocenters. The summed E-state index contributed by atoms with van der Waals surface area (Å²) in [6, 6.07) is 9.77. The zero-order chi connectivity index (χ0) is 20.6. The van der Waals surface area contributed by atoms with Crippen LogP contribution in [0.5, 0.6) is 0 Å². The lowest BCUT2D eigenvalue weighted by molar-refractivity contribution is 0.270. The van der Waals surface area contributed by atoms with Gasteiger partial charge in [-0.15, -0.1) is 35.3 Å². The summed E-state index contributed by atoms with van der Waals surface area (Å²) in [6.07, 6.45) is 0. The SMILES string of the molecule is CCN1CCN(c2ccc(CNC(=NC)NCC(C)c3cccs3)cc2F)CC1.I. The molecule has 0 amide bonds. The van der Waals surface area contributed by atoms with Crippen LogP contribution >= 0.6 is 35.3 Å². The molecule has 0 radical (unpaired) electrons. The van der Waals surface area contributed by atoms with Crippen molar-refractivity contribution in [2.75, 3.05) is 51.2 Å². The normalized spacial score (nSPS) is 16.1. The van der Waals surface area contributed by atoms with Crippen LogP contribution in [0.25, 0.3) is 0 Å². The van der Waals surface area contributed by atoms with E-state index >= 15 is 0 Å². The number of anilines is 1. The van der Waals surface area contributed by atoms with Gasteiger partial charge in [-0.25, -0.2) is 4.39 Å². The number of aliphatic imine (C=N–C) groups is 1. The predicted molar refractivity (Wildman–Crippen MR) is 137 cm³/mol. The van der Waals surface area contributed by atoms with Crippen molar-refractivity contribution in [3.05, 3.63) is 52.0 Å². The molecule has 1 atom stereocenters. The Kier molecular flexibility index (Phi) is 10.3. The molecule has 2 heterocycles. The summed E-state index contributed by atoms with van der Waals surface area (Å²) in [4.78, 5) is 10.2. The number of benzene rings is 1. The fraction of sp³-hybridized carbons (Fsp3) is 0.500. The van der Waals surface area contributed by atoms with Gasteiger partial charge in [-0.2, -0.15) is 0 Å². The van der Waals surface area contributed by atoms with E-state index in [1.54, 1.807) is 24.5 Å². The zero-order valence-electron chi connectivity index (χ0n) is 18.0. The smallest absolute Gasteiger partial charge is 0.191 e. The average molecular weight is 546 g/mol. The third-order valence-electron chi connectivity index (χ3n) is 5.46. The lowest BCUT2D eigenvalue weighted by Crippen LogP contribution is -2.46. The third-order valence-corrected chi connectivity index (χ3v) is 6.56. The minimum Gasteiger partial charge on any atom is -0.367 e. The second kappa shape index (κ2) is 12.5. The van der Waals surface area contributed by atoms with Gasteiger partial charge >= 0.3 is 0 Å². The van der Waals surface area contributed by atoms with Crippen LogP contribution in [0.4, 0.5) is 10.1 Å². The maximum atomic E-state index is 14.7. The summed E-state index contributed by atoms with van der Waals surface area (Å²) in [7, 11) is 1.75. The second-order valence-corrected chi connectivity index (χ2v) is 8.41. The van der Waals surface area contributed by atoms with Crippen molar-refractivity contribution >= 4 is 47.0 Å². The molecule has 1 aliphatic rings.